The van der Waals surface area contributed by atoms with Crippen LogP contribution in [0.25, 0.3) is 0 Å². The maximum Gasteiger partial charge on any atom is 0.407 e. The number of hydrogen-bond donors (Lipinski definition) is 1. The Morgan fingerprint density at radius 1 is 0.909 bits per heavy atom. The van der Waals surface area contributed by atoms with E-state index >= 15 is 0 Å². The SMILES string of the molecule is C/C=C\C[Si](O[C@H](C=O)CNC(=O)OCc1ccccc1)(c1ccccc1)c1ccccc1. The van der Waals surface area contributed by atoms with Crippen molar-refractivity contribution in [3.8, 4) is 0 Å². The normalized spacial score (nSPS) is 12.3. The van der Waals surface area contributed by atoms with E-state index in [0.29, 0.717) is 6.04 Å². The second-order valence-electron chi connectivity index (χ2n) is 7.57. The van der Waals surface area contributed by atoms with E-state index in [1.807, 2.05) is 104 Å². The first-order valence-corrected chi connectivity index (χ1v) is 13.1. The molecule has 0 radical (unpaired) electrons. The van der Waals surface area contributed by atoms with Crippen molar-refractivity contribution >= 4 is 31.1 Å². The van der Waals surface area contributed by atoms with Crippen molar-refractivity contribution in [2.45, 2.75) is 25.7 Å². The predicted molar refractivity (Wildman–Crippen MR) is 133 cm³/mol. The average Bonchev–Trinajstić information content (AvgIpc) is 2.89. The van der Waals surface area contributed by atoms with Crippen LogP contribution in [-0.2, 0) is 20.6 Å². The van der Waals surface area contributed by atoms with Gasteiger partial charge in [-0.25, -0.2) is 4.79 Å². The van der Waals surface area contributed by atoms with Crippen LogP contribution in [0, 0.1) is 0 Å². The molecule has 0 unspecified atom stereocenters. The molecule has 5 nitrogen and oxygen atoms in total. The van der Waals surface area contributed by atoms with E-state index in [9.17, 15) is 9.59 Å². The van der Waals surface area contributed by atoms with E-state index < -0.39 is 20.5 Å². The summed E-state index contributed by atoms with van der Waals surface area (Å²) in [5.74, 6) is 0. The van der Waals surface area contributed by atoms with Crippen LogP contribution in [0.2, 0.25) is 6.04 Å². The molecule has 0 aromatic heterocycles. The molecule has 33 heavy (non-hydrogen) atoms. The Hall–Kier alpha value is -3.48. The average molecular weight is 460 g/mol. The van der Waals surface area contributed by atoms with Gasteiger partial charge < -0.3 is 19.3 Å². The lowest BCUT2D eigenvalue weighted by Crippen LogP contribution is -2.63. The van der Waals surface area contributed by atoms with Crippen molar-refractivity contribution < 1.29 is 18.8 Å². The largest absolute Gasteiger partial charge is 0.445 e. The molecule has 0 saturated heterocycles. The van der Waals surface area contributed by atoms with Gasteiger partial charge in [-0.3, -0.25) is 0 Å². The minimum atomic E-state index is -2.81. The summed E-state index contributed by atoms with van der Waals surface area (Å²) in [4.78, 5) is 24.2. The summed E-state index contributed by atoms with van der Waals surface area (Å²) in [7, 11) is -2.81. The molecule has 1 N–H and O–H groups in total. The number of hydrogen-bond acceptors (Lipinski definition) is 4. The maximum absolute atomic E-state index is 12.2. The van der Waals surface area contributed by atoms with Gasteiger partial charge in [0.2, 0.25) is 0 Å². The molecule has 170 valence electrons. The predicted octanol–water partition coefficient (Wildman–Crippen LogP) is 3.83. The smallest absolute Gasteiger partial charge is 0.407 e. The first-order chi connectivity index (χ1) is 16.2. The highest BCUT2D eigenvalue weighted by molar-refractivity contribution is 6.97. The zero-order chi connectivity index (χ0) is 23.4. The van der Waals surface area contributed by atoms with Gasteiger partial charge in [-0.15, -0.1) is 0 Å². The third-order valence-corrected chi connectivity index (χ3v) is 9.33. The fourth-order valence-corrected chi connectivity index (χ4v) is 7.48. The van der Waals surface area contributed by atoms with Crippen molar-refractivity contribution in [2.24, 2.45) is 0 Å². The Morgan fingerprint density at radius 2 is 1.45 bits per heavy atom. The highest BCUT2D eigenvalue weighted by Crippen LogP contribution is 2.17. The molecule has 6 heteroatoms. The molecule has 1 atom stereocenters. The van der Waals surface area contributed by atoms with Crippen molar-refractivity contribution in [2.75, 3.05) is 6.54 Å². The summed E-state index contributed by atoms with van der Waals surface area (Å²) in [5.41, 5.74) is 0.891. The molecule has 0 bridgehead atoms. The highest BCUT2D eigenvalue weighted by atomic mass is 28.4. The fourth-order valence-electron chi connectivity index (χ4n) is 3.62. The third-order valence-electron chi connectivity index (χ3n) is 5.29. The molecule has 0 heterocycles. The van der Waals surface area contributed by atoms with Crippen LogP contribution < -0.4 is 15.7 Å². The van der Waals surface area contributed by atoms with Crippen LogP contribution in [0.5, 0.6) is 0 Å². The lowest BCUT2D eigenvalue weighted by molar-refractivity contribution is -0.113. The first-order valence-electron chi connectivity index (χ1n) is 11.0. The van der Waals surface area contributed by atoms with Crippen molar-refractivity contribution in [1.82, 2.24) is 5.32 Å². The maximum atomic E-state index is 12.2. The lowest BCUT2D eigenvalue weighted by Gasteiger charge is -2.34. The number of rotatable bonds is 11. The van der Waals surface area contributed by atoms with Gasteiger partial charge in [0.1, 0.15) is 19.0 Å². The summed E-state index contributed by atoms with van der Waals surface area (Å²) >= 11 is 0. The van der Waals surface area contributed by atoms with Gasteiger partial charge in [-0.05, 0) is 28.9 Å². The van der Waals surface area contributed by atoms with E-state index in [2.05, 4.69) is 11.4 Å². The minimum Gasteiger partial charge on any atom is -0.445 e. The molecule has 3 aromatic carbocycles. The number of benzene rings is 3. The zero-order valence-electron chi connectivity index (χ0n) is 18.7. The van der Waals surface area contributed by atoms with Crippen molar-refractivity contribution in [3.63, 3.8) is 0 Å². The van der Waals surface area contributed by atoms with Crippen molar-refractivity contribution in [3.05, 3.63) is 109 Å². The monoisotopic (exact) mass is 459 g/mol. The van der Waals surface area contributed by atoms with Gasteiger partial charge in [-0.1, -0.05) is 103 Å². The summed E-state index contributed by atoms with van der Waals surface area (Å²) in [5, 5.41) is 4.80. The second kappa shape index (κ2) is 12.5. The van der Waals surface area contributed by atoms with Crippen LogP contribution in [-0.4, -0.2) is 33.3 Å². The summed E-state index contributed by atoms with van der Waals surface area (Å²) in [6.07, 6.45) is 3.42. The molecule has 0 spiro atoms. The standard InChI is InChI=1S/C27H29NO4Si/c1-2-3-19-33(25-15-9-5-10-16-25,26-17-11-6-12-18-26)32-24(21-29)20-28-27(30)31-22-23-13-7-4-8-14-23/h2-18,21,24H,19-20,22H2,1H3,(H,28,30)/b3-2-/t24-/m0/s1. The zero-order valence-corrected chi connectivity index (χ0v) is 19.7. The third kappa shape index (κ3) is 6.75. The van der Waals surface area contributed by atoms with Gasteiger partial charge in [0, 0.05) is 0 Å². The summed E-state index contributed by atoms with van der Waals surface area (Å²) in [6.45, 7) is 2.16. The summed E-state index contributed by atoms with van der Waals surface area (Å²) < 4.78 is 11.9. The highest BCUT2D eigenvalue weighted by Gasteiger charge is 2.40. The van der Waals surface area contributed by atoms with Crippen LogP contribution in [0.1, 0.15) is 12.5 Å². The Balaban J connectivity index is 1.77. The molecular formula is C27H29NO4Si. The summed E-state index contributed by atoms with van der Waals surface area (Å²) in [6, 6.07) is 30.1. The number of carbonyl (C=O) groups excluding carboxylic acids is 2. The van der Waals surface area contributed by atoms with Crippen LogP contribution in [0.3, 0.4) is 0 Å². The van der Waals surface area contributed by atoms with E-state index in [4.69, 9.17) is 9.16 Å². The van der Waals surface area contributed by atoms with Crippen LogP contribution >= 0.6 is 0 Å². The van der Waals surface area contributed by atoms with Gasteiger partial charge in [0.15, 0.2) is 0 Å². The van der Waals surface area contributed by atoms with E-state index in [1.165, 1.54) is 0 Å². The number of alkyl carbamates (subject to hydrolysis) is 1. The molecule has 0 aliphatic rings. The fraction of sp³-hybridized carbons (Fsp3) is 0.185. The minimum absolute atomic E-state index is 0.0291. The Kier molecular flexibility index (Phi) is 9.17. The topological polar surface area (TPSA) is 64.6 Å². The number of aldehydes is 1. The van der Waals surface area contributed by atoms with Crippen LogP contribution in [0.4, 0.5) is 4.79 Å². The Bertz CT molecular complexity index is 986. The van der Waals surface area contributed by atoms with Gasteiger partial charge in [0.25, 0.3) is 8.32 Å². The molecule has 0 aliphatic heterocycles. The molecule has 3 rings (SSSR count). The molecule has 0 saturated carbocycles. The molecular weight excluding hydrogens is 430 g/mol. The lowest BCUT2D eigenvalue weighted by atomic mass is 10.2. The van der Waals surface area contributed by atoms with Gasteiger partial charge >= 0.3 is 6.09 Å². The van der Waals surface area contributed by atoms with E-state index in [0.717, 1.165) is 22.2 Å². The Labute approximate surface area is 196 Å². The van der Waals surface area contributed by atoms with Gasteiger partial charge in [-0.2, -0.15) is 0 Å². The number of ether oxygens (including phenoxy) is 1. The van der Waals surface area contributed by atoms with E-state index in [1.54, 1.807) is 0 Å². The number of allylic oxidation sites excluding steroid dienone is 2. The second-order valence-corrected chi connectivity index (χ2v) is 11.0. The molecule has 1 amide bonds. The quantitative estimate of drug-likeness (QED) is 0.269. The van der Waals surface area contributed by atoms with Crippen LogP contribution in [0.15, 0.2) is 103 Å². The number of nitrogens with one attached hydrogen (secondary N) is 1. The molecule has 0 fully saturated rings. The molecule has 3 aromatic rings. The van der Waals surface area contributed by atoms with Gasteiger partial charge in [0.05, 0.1) is 6.54 Å². The number of carbonyl (C=O) groups is 2. The number of amides is 1. The van der Waals surface area contributed by atoms with E-state index in [-0.39, 0.29) is 13.2 Å². The van der Waals surface area contributed by atoms with Crippen molar-refractivity contribution in [1.29, 1.82) is 0 Å². The Morgan fingerprint density at radius 3 is 1.97 bits per heavy atom. The molecule has 0 aliphatic carbocycles. The first kappa shape index (κ1) is 24.2.